The highest BCUT2D eigenvalue weighted by Gasteiger charge is 2.23. The van der Waals surface area contributed by atoms with Crippen molar-refractivity contribution in [1.29, 1.82) is 0 Å². The molecule has 122 valence electrons. The zero-order valence-electron chi connectivity index (χ0n) is 13.9. The molecular formula is C20H25NO2. The van der Waals surface area contributed by atoms with Gasteiger partial charge in [0.2, 0.25) is 0 Å². The summed E-state index contributed by atoms with van der Waals surface area (Å²) in [5.74, 6) is 1.80. The Morgan fingerprint density at radius 1 is 1.13 bits per heavy atom. The molecular weight excluding hydrogens is 286 g/mol. The normalized spacial score (nSPS) is 16.7. The average molecular weight is 311 g/mol. The van der Waals surface area contributed by atoms with Gasteiger partial charge in [-0.2, -0.15) is 0 Å². The minimum atomic E-state index is 0.154. The first-order valence-electron chi connectivity index (χ1n) is 8.42. The number of hydrogen-bond donors (Lipinski definition) is 1. The van der Waals surface area contributed by atoms with Crippen molar-refractivity contribution in [2.24, 2.45) is 0 Å². The van der Waals surface area contributed by atoms with Crippen molar-refractivity contribution >= 4 is 0 Å². The van der Waals surface area contributed by atoms with Gasteiger partial charge in [0, 0.05) is 13.1 Å². The lowest BCUT2D eigenvalue weighted by Gasteiger charge is -2.28. The molecule has 2 aromatic carbocycles. The van der Waals surface area contributed by atoms with Crippen LogP contribution in [0, 0.1) is 0 Å². The Balaban J connectivity index is 1.58. The van der Waals surface area contributed by atoms with Crippen molar-refractivity contribution < 1.29 is 9.47 Å². The quantitative estimate of drug-likeness (QED) is 0.876. The Labute approximate surface area is 138 Å². The Hall–Kier alpha value is -2.00. The van der Waals surface area contributed by atoms with E-state index in [-0.39, 0.29) is 12.2 Å². The minimum Gasteiger partial charge on any atom is -0.487 e. The molecule has 2 aromatic rings. The topological polar surface area (TPSA) is 30.5 Å². The maximum absolute atomic E-state index is 6.21. The Bertz CT molecular complexity index is 625. The van der Waals surface area contributed by atoms with Crippen LogP contribution in [-0.2, 0) is 13.0 Å². The van der Waals surface area contributed by atoms with E-state index in [1.807, 2.05) is 32.0 Å². The molecule has 1 atom stereocenters. The van der Waals surface area contributed by atoms with Gasteiger partial charge in [0.05, 0.1) is 6.10 Å². The summed E-state index contributed by atoms with van der Waals surface area (Å²) in [5, 5.41) is 3.50. The van der Waals surface area contributed by atoms with E-state index in [2.05, 4.69) is 35.6 Å². The Morgan fingerprint density at radius 2 is 1.96 bits per heavy atom. The van der Waals surface area contributed by atoms with Crippen molar-refractivity contribution in [2.45, 2.75) is 45.4 Å². The monoisotopic (exact) mass is 311 g/mol. The second-order valence-corrected chi connectivity index (χ2v) is 6.31. The molecule has 0 amide bonds. The van der Waals surface area contributed by atoms with Crippen LogP contribution in [0.2, 0.25) is 0 Å². The first-order valence-corrected chi connectivity index (χ1v) is 8.42. The average Bonchev–Trinajstić information content (AvgIpc) is 2.56. The molecule has 0 fully saturated rings. The summed E-state index contributed by atoms with van der Waals surface area (Å²) in [6, 6.07) is 16.6. The van der Waals surface area contributed by atoms with Gasteiger partial charge >= 0.3 is 0 Å². The number of hydrogen-bond acceptors (Lipinski definition) is 3. The third-order valence-corrected chi connectivity index (χ3v) is 3.99. The number of aryl methyl sites for hydroxylation is 1. The third kappa shape index (κ3) is 4.26. The van der Waals surface area contributed by atoms with Crippen LogP contribution in [0.25, 0.3) is 0 Å². The van der Waals surface area contributed by atoms with E-state index in [0.717, 1.165) is 37.4 Å². The number of rotatable bonds is 6. The van der Waals surface area contributed by atoms with E-state index in [0.29, 0.717) is 0 Å². The van der Waals surface area contributed by atoms with E-state index < -0.39 is 0 Å². The van der Waals surface area contributed by atoms with Crippen molar-refractivity contribution in [3.05, 3.63) is 59.7 Å². The van der Waals surface area contributed by atoms with Crippen molar-refractivity contribution in [3.8, 4) is 11.5 Å². The van der Waals surface area contributed by atoms with E-state index in [1.165, 1.54) is 11.1 Å². The minimum absolute atomic E-state index is 0.154. The van der Waals surface area contributed by atoms with E-state index in [1.54, 1.807) is 0 Å². The summed E-state index contributed by atoms with van der Waals surface area (Å²) in [7, 11) is 0. The molecule has 0 spiro atoms. The fourth-order valence-corrected chi connectivity index (χ4v) is 2.90. The van der Waals surface area contributed by atoms with Gasteiger partial charge in [0.25, 0.3) is 0 Å². The van der Waals surface area contributed by atoms with Crippen molar-refractivity contribution in [3.63, 3.8) is 0 Å². The van der Waals surface area contributed by atoms with Gasteiger partial charge in [-0.3, -0.25) is 0 Å². The molecule has 0 radical (unpaired) electrons. The summed E-state index contributed by atoms with van der Waals surface area (Å²) in [5.41, 5.74) is 2.55. The van der Waals surface area contributed by atoms with Crippen LogP contribution in [0.1, 0.15) is 31.4 Å². The number of para-hydroxylation sites is 1. The predicted molar refractivity (Wildman–Crippen MR) is 93.1 cm³/mol. The lowest BCUT2D eigenvalue weighted by Crippen LogP contribution is -2.34. The summed E-state index contributed by atoms with van der Waals surface area (Å²) in [4.78, 5) is 0. The van der Waals surface area contributed by atoms with Gasteiger partial charge < -0.3 is 14.8 Å². The van der Waals surface area contributed by atoms with Gasteiger partial charge in [0.1, 0.15) is 6.10 Å². The first-order chi connectivity index (χ1) is 11.2. The number of nitrogens with one attached hydrogen (secondary N) is 1. The van der Waals surface area contributed by atoms with Gasteiger partial charge in [-0.25, -0.2) is 0 Å². The van der Waals surface area contributed by atoms with Crippen LogP contribution in [-0.4, -0.2) is 18.8 Å². The molecule has 1 N–H and O–H groups in total. The standard InChI is InChI=1S/C20H25NO2/c1-15(2)22-19-10-6-9-17-11-12-18(23-20(17)19)14-21-13-16-7-4-3-5-8-16/h3-10,15,18,21H,11-14H2,1-2H3/t18-/m1/s1. The Kier molecular flexibility index (Phi) is 5.19. The smallest absolute Gasteiger partial charge is 0.164 e. The number of benzene rings is 2. The lowest BCUT2D eigenvalue weighted by atomic mass is 10.0. The number of fused-ring (bicyclic) bond motifs is 1. The zero-order valence-corrected chi connectivity index (χ0v) is 13.9. The molecule has 1 heterocycles. The highest BCUT2D eigenvalue weighted by molar-refractivity contribution is 5.48. The van der Waals surface area contributed by atoms with Gasteiger partial charge in [-0.05, 0) is 43.9 Å². The van der Waals surface area contributed by atoms with E-state index in [4.69, 9.17) is 9.47 Å². The van der Waals surface area contributed by atoms with Gasteiger partial charge in [-0.1, -0.05) is 42.5 Å². The van der Waals surface area contributed by atoms with E-state index >= 15 is 0 Å². The highest BCUT2D eigenvalue weighted by Crippen LogP contribution is 2.37. The molecule has 0 aromatic heterocycles. The molecule has 1 aliphatic heterocycles. The van der Waals surface area contributed by atoms with Crippen LogP contribution in [0.4, 0.5) is 0 Å². The number of ether oxygens (including phenoxy) is 2. The largest absolute Gasteiger partial charge is 0.487 e. The maximum Gasteiger partial charge on any atom is 0.164 e. The maximum atomic E-state index is 6.21. The molecule has 3 rings (SSSR count). The molecule has 0 aliphatic carbocycles. The van der Waals surface area contributed by atoms with Crippen LogP contribution < -0.4 is 14.8 Å². The molecule has 0 saturated carbocycles. The van der Waals surface area contributed by atoms with Crippen molar-refractivity contribution in [2.75, 3.05) is 6.54 Å². The second-order valence-electron chi connectivity index (χ2n) is 6.31. The molecule has 3 nitrogen and oxygen atoms in total. The molecule has 23 heavy (non-hydrogen) atoms. The summed E-state index contributed by atoms with van der Waals surface area (Å²) in [6.45, 7) is 5.81. The predicted octanol–water partition coefficient (Wildman–Crippen LogP) is 3.96. The zero-order chi connectivity index (χ0) is 16.1. The highest BCUT2D eigenvalue weighted by atomic mass is 16.5. The fourth-order valence-electron chi connectivity index (χ4n) is 2.90. The third-order valence-electron chi connectivity index (χ3n) is 3.99. The first kappa shape index (κ1) is 15.9. The molecule has 0 saturated heterocycles. The second kappa shape index (κ2) is 7.51. The van der Waals surface area contributed by atoms with Gasteiger partial charge in [-0.15, -0.1) is 0 Å². The molecule has 3 heteroatoms. The molecule has 0 bridgehead atoms. The van der Waals surface area contributed by atoms with Crippen LogP contribution in [0.5, 0.6) is 11.5 Å². The molecule has 1 aliphatic rings. The lowest BCUT2D eigenvalue weighted by molar-refractivity contribution is 0.152. The fraction of sp³-hybridized carbons (Fsp3) is 0.400. The molecule has 0 unspecified atom stereocenters. The van der Waals surface area contributed by atoms with Crippen LogP contribution >= 0.6 is 0 Å². The van der Waals surface area contributed by atoms with Gasteiger partial charge in [0.15, 0.2) is 11.5 Å². The van der Waals surface area contributed by atoms with E-state index in [9.17, 15) is 0 Å². The van der Waals surface area contributed by atoms with Crippen molar-refractivity contribution in [1.82, 2.24) is 5.32 Å². The van der Waals surface area contributed by atoms with Crippen LogP contribution in [0.3, 0.4) is 0 Å². The Morgan fingerprint density at radius 3 is 2.74 bits per heavy atom. The SMILES string of the molecule is CC(C)Oc1cccc2c1O[C@@H](CNCc1ccccc1)CC2. The van der Waals surface area contributed by atoms with Crippen LogP contribution in [0.15, 0.2) is 48.5 Å². The summed E-state index contributed by atoms with van der Waals surface area (Å²) < 4.78 is 12.1. The summed E-state index contributed by atoms with van der Waals surface area (Å²) in [6.07, 6.45) is 2.44. The summed E-state index contributed by atoms with van der Waals surface area (Å²) >= 11 is 0.